The number of rotatable bonds is 5. The van der Waals surface area contributed by atoms with Crippen LogP contribution in [0.25, 0.3) is 0 Å². The maximum Gasteiger partial charge on any atom is 0.329 e. The first-order valence-corrected chi connectivity index (χ1v) is 10.4. The molecule has 2 aromatic carbocycles. The number of hydrogen-bond acceptors (Lipinski definition) is 3. The van der Waals surface area contributed by atoms with E-state index in [9.17, 15) is 9.59 Å². The van der Waals surface area contributed by atoms with Crippen molar-refractivity contribution in [2.75, 3.05) is 37.7 Å². The van der Waals surface area contributed by atoms with Crippen LogP contribution < -0.4 is 15.1 Å². The fourth-order valence-corrected chi connectivity index (χ4v) is 4.46. The summed E-state index contributed by atoms with van der Waals surface area (Å²) in [4.78, 5) is 31.0. The number of urea groups is 1. The number of hydrogen-bond donors (Lipinski definition) is 2. The van der Waals surface area contributed by atoms with Gasteiger partial charge in [-0.1, -0.05) is 48.9 Å². The summed E-state index contributed by atoms with van der Waals surface area (Å²) in [5, 5.41) is 3.49. The molecule has 0 aliphatic carbocycles. The molecular weight excluding hydrogens is 388 g/mol. The summed E-state index contributed by atoms with van der Waals surface area (Å²) in [7, 11) is 0. The summed E-state index contributed by atoms with van der Waals surface area (Å²) in [6, 6.07) is 17.2. The van der Waals surface area contributed by atoms with Gasteiger partial charge >= 0.3 is 6.03 Å². The van der Waals surface area contributed by atoms with Gasteiger partial charge in [-0.2, -0.15) is 0 Å². The standard InChI is InChI=1S/C22H25ClN4O2/c1-2-22(17-7-6-8-18(23)15-17)20(28)27(21(29)24-22)16-25-11-13-26(14-12-25)19-9-4-3-5-10-19/h3-10,15H,2,11-14,16H2,1H3,(H,24,29)/p+1/t22-/m0/s1. The molecule has 7 heteroatoms. The lowest BCUT2D eigenvalue weighted by Crippen LogP contribution is -3.16. The Bertz CT molecular complexity index is 899. The van der Waals surface area contributed by atoms with Crippen molar-refractivity contribution in [2.45, 2.75) is 18.9 Å². The molecule has 6 nitrogen and oxygen atoms in total. The number of para-hydroxylation sites is 1. The van der Waals surface area contributed by atoms with Crippen molar-refractivity contribution in [1.29, 1.82) is 0 Å². The first-order chi connectivity index (χ1) is 14.0. The van der Waals surface area contributed by atoms with Gasteiger partial charge in [0.25, 0.3) is 5.91 Å². The molecule has 2 aliphatic heterocycles. The third-order valence-electron chi connectivity index (χ3n) is 6.00. The number of nitrogens with zero attached hydrogens (tertiary/aromatic N) is 2. The van der Waals surface area contributed by atoms with Gasteiger partial charge in [0.15, 0.2) is 6.67 Å². The van der Waals surface area contributed by atoms with E-state index in [-0.39, 0.29) is 11.9 Å². The van der Waals surface area contributed by atoms with E-state index in [0.717, 1.165) is 31.7 Å². The van der Waals surface area contributed by atoms with Gasteiger partial charge in [0.1, 0.15) is 5.54 Å². The van der Waals surface area contributed by atoms with E-state index in [4.69, 9.17) is 11.6 Å². The highest BCUT2D eigenvalue weighted by Gasteiger charge is 2.52. The SMILES string of the molecule is CC[C@@]1(c2cccc(Cl)c2)NC(=O)N(C[NH+]2CCN(c3ccccc3)CC2)C1=O. The van der Waals surface area contributed by atoms with E-state index < -0.39 is 5.54 Å². The van der Waals surface area contributed by atoms with E-state index in [2.05, 4.69) is 22.3 Å². The number of quaternary nitrogens is 1. The van der Waals surface area contributed by atoms with Gasteiger partial charge in [-0.25, -0.2) is 9.69 Å². The average Bonchev–Trinajstić information content (AvgIpc) is 3.00. The number of halogens is 1. The maximum atomic E-state index is 13.3. The lowest BCUT2D eigenvalue weighted by molar-refractivity contribution is -0.907. The highest BCUT2D eigenvalue weighted by molar-refractivity contribution is 6.30. The molecule has 4 rings (SSSR count). The number of imide groups is 1. The van der Waals surface area contributed by atoms with Crippen molar-refractivity contribution < 1.29 is 14.5 Å². The van der Waals surface area contributed by atoms with Crippen LogP contribution >= 0.6 is 11.6 Å². The molecule has 29 heavy (non-hydrogen) atoms. The highest BCUT2D eigenvalue weighted by Crippen LogP contribution is 2.33. The van der Waals surface area contributed by atoms with E-state index in [1.165, 1.54) is 15.5 Å². The molecule has 1 atom stereocenters. The minimum atomic E-state index is -1.03. The van der Waals surface area contributed by atoms with Crippen LogP contribution in [0.3, 0.4) is 0 Å². The van der Waals surface area contributed by atoms with Crippen LogP contribution in [0.2, 0.25) is 5.02 Å². The Hall–Kier alpha value is -2.57. The number of benzene rings is 2. The number of piperazine rings is 1. The molecule has 0 bridgehead atoms. The van der Waals surface area contributed by atoms with Gasteiger partial charge in [-0.05, 0) is 36.2 Å². The molecule has 0 unspecified atom stereocenters. The zero-order valence-corrected chi connectivity index (χ0v) is 17.3. The predicted molar refractivity (Wildman–Crippen MR) is 113 cm³/mol. The molecule has 0 spiro atoms. The Morgan fingerprint density at radius 1 is 1.07 bits per heavy atom. The van der Waals surface area contributed by atoms with Gasteiger partial charge in [0.2, 0.25) is 0 Å². The van der Waals surface area contributed by atoms with Crippen LogP contribution in [0.4, 0.5) is 10.5 Å². The van der Waals surface area contributed by atoms with Gasteiger partial charge in [-0.15, -0.1) is 0 Å². The lowest BCUT2D eigenvalue weighted by atomic mass is 9.87. The van der Waals surface area contributed by atoms with E-state index in [1.807, 2.05) is 37.3 Å². The zero-order chi connectivity index (χ0) is 20.4. The van der Waals surface area contributed by atoms with Crippen LogP contribution in [0.15, 0.2) is 54.6 Å². The molecule has 0 radical (unpaired) electrons. The first kappa shape index (κ1) is 19.7. The van der Waals surface area contributed by atoms with Crippen molar-refractivity contribution >= 4 is 29.2 Å². The molecule has 3 amide bonds. The third-order valence-corrected chi connectivity index (χ3v) is 6.23. The Balaban J connectivity index is 1.45. The maximum absolute atomic E-state index is 13.3. The fraction of sp³-hybridized carbons (Fsp3) is 0.364. The minimum Gasteiger partial charge on any atom is -0.360 e. The first-order valence-electron chi connectivity index (χ1n) is 10.1. The van der Waals surface area contributed by atoms with Gasteiger partial charge < -0.3 is 15.1 Å². The number of carbonyl (C=O) groups excluding carboxylic acids is 2. The summed E-state index contributed by atoms with van der Waals surface area (Å²) in [6.45, 7) is 5.85. The molecule has 2 saturated heterocycles. The Morgan fingerprint density at radius 2 is 1.79 bits per heavy atom. The smallest absolute Gasteiger partial charge is 0.329 e. The van der Waals surface area contributed by atoms with Gasteiger partial charge in [-0.3, -0.25) is 4.79 Å². The number of amides is 3. The summed E-state index contributed by atoms with van der Waals surface area (Å²) in [5.41, 5.74) is 0.914. The summed E-state index contributed by atoms with van der Waals surface area (Å²) in [6.07, 6.45) is 0.478. The Morgan fingerprint density at radius 3 is 2.45 bits per heavy atom. The molecule has 0 aromatic heterocycles. The average molecular weight is 414 g/mol. The minimum absolute atomic E-state index is 0.190. The van der Waals surface area contributed by atoms with Gasteiger partial charge in [0.05, 0.1) is 26.2 Å². The van der Waals surface area contributed by atoms with E-state index in [0.29, 0.717) is 18.1 Å². The number of anilines is 1. The van der Waals surface area contributed by atoms with Gasteiger partial charge in [0, 0.05) is 10.7 Å². The van der Waals surface area contributed by atoms with E-state index in [1.54, 1.807) is 12.1 Å². The summed E-state index contributed by atoms with van der Waals surface area (Å²) in [5.74, 6) is -0.190. The third kappa shape index (κ3) is 3.70. The fourth-order valence-electron chi connectivity index (χ4n) is 4.26. The van der Waals surface area contributed by atoms with Crippen molar-refractivity contribution in [3.8, 4) is 0 Å². The topological polar surface area (TPSA) is 57.1 Å². The van der Waals surface area contributed by atoms with Crippen LogP contribution in [0.5, 0.6) is 0 Å². The molecule has 2 aliphatic rings. The van der Waals surface area contributed by atoms with Crippen LogP contribution in [0, 0.1) is 0 Å². The quantitative estimate of drug-likeness (QED) is 0.736. The molecule has 2 aromatic rings. The molecule has 2 heterocycles. The molecule has 0 saturated carbocycles. The Kier molecular flexibility index (Phi) is 5.48. The second kappa shape index (κ2) is 8.05. The van der Waals surface area contributed by atoms with Crippen molar-refractivity contribution in [3.63, 3.8) is 0 Å². The molecule has 2 fully saturated rings. The molecular formula is C22H26ClN4O2+. The monoisotopic (exact) mass is 413 g/mol. The number of nitrogens with one attached hydrogen (secondary N) is 2. The van der Waals surface area contributed by atoms with Crippen molar-refractivity contribution in [1.82, 2.24) is 10.2 Å². The zero-order valence-electron chi connectivity index (χ0n) is 16.5. The van der Waals surface area contributed by atoms with Crippen LogP contribution in [0.1, 0.15) is 18.9 Å². The molecule has 152 valence electrons. The van der Waals surface area contributed by atoms with Crippen molar-refractivity contribution in [3.05, 3.63) is 65.2 Å². The van der Waals surface area contributed by atoms with Crippen molar-refractivity contribution in [2.24, 2.45) is 0 Å². The summed E-state index contributed by atoms with van der Waals surface area (Å²) < 4.78 is 0. The normalized spacial score (nSPS) is 22.8. The largest absolute Gasteiger partial charge is 0.360 e. The van der Waals surface area contributed by atoms with Crippen LogP contribution in [-0.2, 0) is 10.3 Å². The second-order valence-electron chi connectivity index (χ2n) is 7.66. The Labute approximate surface area is 176 Å². The predicted octanol–water partition coefficient (Wildman–Crippen LogP) is 1.86. The number of carbonyl (C=O) groups is 2. The lowest BCUT2D eigenvalue weighted by Gasteiger charge is -2.34. The summed E-state index contributed by atoms with van der Waals surface area (Å²) >= 11 is 6.14. The molecule has 2 N–H and O–H groups in total. The second-order valence-corrected chi connectivity index (χ2v) is 8.10. The highest BCUT2D eigenvalue weighted by atomic mass is 35.5. The van der Waals surface area contributed by atoms with Crippen LogP contribution in [-0.4, -0.2) is 49.7 Å². The van der Waals surface area contributed by atoms with E-state index >= 15 is 0 Å².